The molecule has 2 rings (SSSR count). The van der Waals surface area contributed by atoms with E-state index in [1.165, 1.54) is 12.1 Å². The van der Waals surface area contributed by atoms with Crippen LogP contribution in [0, 0.1) is 6.92 Å². The number of carboxylic acids is 1. The molecule has 0 atom stereocenters. The van der Waals surface area contributed by atoms with Crippen molar-refractivity contribution < 1.29 is 19.4 Å². The Hall–Kier alpha value is -2.62. The Kier molecular flexibility index (Phi) is 3.61. The highest BCUT2D eigenvalue weighted by atomic mass is 16.5. The van der Waals surface area contributed by atoms with Crippen molar-refractivity contribution in [3.05, 3.63) is 65.2 Å². The van der Waals surface area contributed by atoms with Gasteiger partial charge in [0.05, 0.1) is 11.1 Å². The molecule has 0 aliphatic heterocycles. The van der Waals surface area contributed by atoms with Crippen molar-refractivity contribution in [3.63, 3.8) is 0 Å². The fourth-order valence-electron chi connectivity index (χ4n) is 1.66. The first-order valence-electron chi connectivity index (χ1n) is 5.69. The van der Waals surface area contributed by atoms with E-state index in [1.54, 1.807) is 43.3 Å². The molecule has 2 aromatic carbocycles. The van der Waals surface area contributed by atoms with Crippen LogP contribution in [0.1, 0.15) is 26.3 Å². The lowest BCUT2D eigenvalue weighted by Gasteiger charge is -2.07. The Balaban J connectivity index is 2.33. The molecule has 0 heterocycles. The van der Waals surface area contributed by atoms with Gasteiger partial charge in [0, 0.05) is 0 Å². The normalized spacial score (nSPS) is 9.95. The van der Waals surface area contributed by atoms with Gasteiger partial charge in [-0.05, 0) is 31.2 Å². The van der Waals surface area contributed by atoms with E-state index in [4.69, 9.17) is 9.84 Å². The number of esters is 1. The van der Waals surface area contributed by atoms with Gasteiger partial charge in [-0.25, -0.2) is 9.59 Å². The second kappa shape index (κ2) is 5.35. The lowest BCUT2D eigenvalue weighted by atomic mass is 10.0. The predicted octanol–water partition coefficient (Wildman–Crippen LogP) is 2.91. The van der Waals surface area contributed by atoms with Gasteiger partial charge in [0.25, 0.3) is 0 Å². The third-order valence-corrected chi connectivity index (χ3v) is 2.58. The quantitative estimate of drug-likeness (QED) is 0.677. The Labute approximate surface area is 110 Å². The summed E-state index contributed by atoms with van der Waals surface area (Å²) in [4.78, 5) is 23.1. The van der Waals surface area contributed by atoms with Gasteiger partial charge in [0.2, 0.25) is 0 Å². The van der Waals surface area contributed by atoms with E-state index in [0.29, 0.717) is 5.75 Å². The van der Waals surface area contributed by atoms with Crippen LogP contribution in [0.5, 0.6) is 5.75 Å². The summed E-state index contributed by atoms with van der Waals surface area (Å²) in [6.07, 6.45) is 0. The molecule has 0 saturated carbocycles. The van der Waals surface area contributed by atoms with Gasteiger partial charge in [-0.2, -0.15) is 0 Å². The van der Waals surface area contributed by atoms with Gasteiger partial charge in [-0.15, -0.1) is 0 Å². The van der Waals surface area contributed by atoms with Crippen LogP contribution in [0.25, 0.3) is 0 Å². The molecule has 0 amide bonds. The molecule has 0 spiro atoms. The summed E-state index contributed by atoms with van der Waals surface area (Å²) in [6, 6.07) is 13.1. The van der Waals surface area contributed by atoms with Gasteiger partial charge in [-0.1, -0.05) is 29.8 Å². The van der Waals surface area contributed by atoms with Crippen LogP contribution in [-0.4, -0.2) is 17.0 Å². The fourth-order valence-corrected chi connectivity index (χ4v) is 1.66. The number of ether oxygens (including phenoxy) is 1. The molecule has 0 fully saturated rings. The van der Waals surface area contributed by atoms with Crippen molar-refractivity contribution in [2.24, 2.45) is 0 Å². The maximum absolute atomic E-state index is 12.0. The highest BCUT2D eigenvalue weighted by Gasteiger charge is 2.18. The molecule has 0 aromatic heterocycles. The van der Waals surface area contributed by atoms with Gasteiger partial charge < -0.3 is 9.84 Å². The summed E-state index contributed by atoms with van der Waals surface area (Å²) in [5.74, 6) is -1.45. The molecule has 0 bridgehead atoms. The number of benzene rings is 2. The Morgan fingerprint density at radius 2 is 1.68 bits per heavy atom. The molecule has 0 aliphatic rings. The topological polar surface area (TPSA) is 63.6 Å². The van der Waals surface area contributed by atoms with Gasteiger partial charge in [0.1, 0.15) is 5.75 Å². The SMILES string of the molecule is Cc1ccc(C(=O)O)c(C(=O)Oc2ccccc2)c1. The molecule has 96 valence electrons. The van der Waals surface area contributed by atoms with E-state index < -0.39 is 11.9 Å². The summed E-state index contributed by atoms with van der Waals surface area (Å²) in [6.45, 7) is 1.78. The number of aryl methyl sites for hydroxylation is 1. The Morgan fingerprint density at radius 3 is 2.32 bits per heavy atom. The average molecular weight is 256 g/mol. The first-order chi connectivity index (χ1) is 9.08. The third kappa shape index (κ3) is 2.98. The highest BCUT2D eigenvalue weighted by molar-refractivity contribution is 6.03. The van der Waals surface area contributed by atoms with Crippen LogP contribution in [0.2, 0.25) is 0 Å². The molecule has 4 nitrogen and oxygen atoms in total. The lowest BCUT2D eigenvalue weighted by molar-refractivity contribution is 0.0668. The second-order valence-corrected chi connectivity index (χ2v) is 4.06. The van der Waals surface area contributed by atoms with Crippen molar-refractivity contribution in [2.45, 2.75) is 6.92 Å². The maximum atomic E-state index is 12.0. The molecular weight excluding hydrogens is 244 g/mol. The number of aromatic carboxylic acids is 1. The molecule has 1 N–H and O–H groups in total. The molecule has 0 radical (unpaired) electrons. The summed E-state index contributed by atoms with van der Waals surface area (Å²) >= 11 is 0. The number of carbonyl (C=O) groups is 2. The zero-order chi connectivity index (χ0) is 13.8. The number of rotatable bonds is 3. The maximum Gasteiger partial charge on any atom is 0.344 e. The number of hydrogen-bond acceptors (Lipinski definition) is 3. The molecule has 0 unspecified atom stereocenters. The van der Waals surface area contributed by atoms with Crippen LogP contribution < -0.4 is 4.74 Å². The van der Waals surface area contributed by atoms with E-state index in [2.05, 4.69) is 0 Å². The van der Waals surface area contributed by atoms with Crippen LogP contribution >= 0.6 is 0 Å². The molecule has 4 heteroatoms. The monoisotopic (exact) mass is 256 g/mol. The summed E-state index contributed by atoms with van der Waals surface area (Å²) < 4.78 is 5.14. The largest absolute Gasteiger partial charge is 0.478 e. The van der Waals surface area contributed by atoms with Gasteiger partial charge in [-0.3, -0.25) is 0 Å². The summed E-state index contributed by atoms with van der Waals surface area (Å²) in [5, 5.41) is 9.06. The number of carboxylic acid groups (broad SMARTS) is 1. The average Bonchev–Trinajstić information content (AvgIpc) is 2.39. The predicted molar refractivity (Wildman–Crippen MR) is 69.5 cm³/mol. The number of carbonyl (C=O) groups excluding carboxylic acids is 1. The van der Waals surface area contributed by atoms with Crippen molar-refractivity contribution in [2.75, 3.05) is 0 Å². The molecule has 0 aliphatic carbocycles. The minimum atomic E-state index is -1.15. The zero-order valence-corrected chi connectivity index (χ0v) is 10.3. The van der Waals surface area contributed by atoms with Crippen molar-refractivity contribution in [3.8, 4) is 5.75 Å². The van der Waals surface area contributed by atoms with Crippen LogP contribution in [0.15, 0.2) is 48.5 Å². The molecule has 19 heavy (non-hydrogen) atoms. The smallest absolute Gasteiger partial charge is 0.344 e. The van der Waals surface area contributed by atoms with Crippen molar-refractivity contribution >= 4 is 11.9 Å². The van der Waals surface area contributed by atoms with E-state index in [9.17, 15) is 9.59 Å². The first kappa shape index (κ1) is 12.8. The van der Waals surface area contributed by atoms with Crippen molar-refractivity contribution in [1.29, 1.82) is 0 Å². The Bertz CT molecular complexity index is 617. The standard InChI is InChI=1S/C15H12O4/c1-10-7-8-12(14(16)17)13(9-10)15(18)19-11-5-3-2-4-6-11/h2-9H,1H3,(H,16,17). The van der Waals surface area contributed by atoms with E-state index in [1.807, 2.05) is 0 Å². The summed E-state index contributed by atoms with van der Waals surface area (Å²) in [5.41, 5.74) is 0.785. The minimum Gasteiger partial charge on any atom is -0.478 e. The van der Waals surface area contributed by atoms with Crippen molar-refractivity contribution in [1.82, 2.24) is 0 Å². The van der Waals surface area contributed by atoms with E-state index in [0.717, 1.165) is 5.56 Å². The van der Waals surface area contributed by atoms with Crippen LogP contribution in [0.3, 0.4) is 0 Å². The Morgan fingerprint density at radius 1 is 1.00 bits per heavy atom. The second-order valence-electron chi connectivity index (χ2n) is 4.06. The van der Waals surface area contributed by atoms with Gasteiger partial charge in [0.15, 0.2) is 0 Å². The number of para-hydroxylation sites is 1. The lowest BCUT2D eigenvalue weighted by Crippen LogP contribution is -2.14. The van der Waals surface area contributed by atoms with E-state index >= 15 is 0 Å². The zero-order valence-electron chi connectivity index (χ0n) is 10.3. The van der Waals surface area contributed by atoms with Gasteiger partial charge >= 0.3 is 11.9 Å². The highest BCUT2D eigenvalue weighted by Crippen LogP contribution is 2.16. The fraction of sp³-hybridized carbons (Fsp3) is 0.0667. The molecule has 2 aromatic rings. The molecular formula is C15H12O4. The molecule has 0 saturated heterocycles. The van der Waals surface area contributed by atoms with Crippen LogP contribution in [-0.2, 0) is 0 Å². The minimum absolute atomic E-state index is 0.0522. The van der Waals surface area contributed by atoms with E-state index in [-0.39, 0.29) is 11.1 Å². The first-order valence-corrected chi connectivity index (χ1v) is 5.69. The third-order valence-electron chi connectivity index (χ3n) is 2.58. The van der Waals surface area contributed by atoms with Crippen LogP contribution in [0.4, 0.5) is 0 Å². The summed E-state index contributed by atoms with van der Waals surface area (Å²) in [7, 11) is 0. The number of hydrogen-bond donors (Lipinski definition) is 1.